The van der Waals surface area contributed by atoms with E-state index in [4.69, 9.17) is 5.11 Å². The number of rotatable bonds is 4. The second-order valence-electron chi connectivity index (χ2n) is 4.93. The maximum atomic E-state index is 11.0. The summed E-state index contributed by atoms with van der Waals surface area (Å²) >= 11 is 0. The van der Waals surface area contributed by atoms with Crippen molar-refractivity contribution in [1.82, 2.24) is 14.8 Å². The summed E-state index contributed by atoms with van der Waals surface area (Å²) < 4.78 is 2.01. The van der Waals surface area contributed by atoms with Crippen molar-refractivity contribution in [2.75, 3.05) is 0 Å². The zero-order valence-corrected chi connectivity index (χ0v) is 10.4. The SMILES string of the molecule is CCC(C)Cc1nnc2n1CC(C(=O)O)CC2. The molecule has 0 spiro atoms. The van der Waals surface area contributed by atoms with Gasteiger partial charge in [0.05, 0.1) is 5.92 Å². The summed E-state index contributed by atoms with van der Waals surface area (Å²) in [7, 11) is 0. The summed E-state index contributed by atoms with van der Waals surface area (Å²) in [6, 6.07) is 0. The molecule has 0 bridgehead atoms. The summed E-state index contributed by atoms with van der Waals surface area (Å²) in [4.78, 5) is 11.0. The fourth-order valence-electron chi connectivity index (χ4n) is 2.19. The number of fused-ring (bicyclic) bond motifs is 1. The molecule has 5 heteroatoms. The van der Waals surface area contributed by atoms with Crippen LogP contribution in [-0.2, 0) is 24.2 Å². The predicted molar refractivity (Wildman–Crippen MR) is 62.6 cm³/mol. The number of carboxylic acid groups (broad SMARTS) is 1. The highest BCUT2D eigenvalue weighted by molar-refractivity contribution is 5.70. The fourth-order valence-corrected chi connectivity index (χ4v) is 2.19. The molecule has 0 aliphatic carbocycles. The zero-order chi connectivity index (χ0) is 12.4. The Morgan fingerprint density at radius 2 is 2.35 bits per heavy atom. The van der Waals surface area contributed by atoms with Gasteiger partial charge in [0.15, 0.2) is 0 Å². The van der Waals surface area contributed by atoms with Crippen LogP contribution in [0.2, 0.25) is 0 Å². The van der Waals surface area contributed by atoms with E-state index < -0.39 is 5.97 Å². The maximum absolute atomic E-state index is 11.0. The summed E-state index contributed by atoms with van der Waals surface area (Å²) in [5.41, 5.74) is 0. The summed E-state index contributed by atoms with van der Waals surface area (Å²) in [6.45, 7) is 4.86. The van der Waals surface area contributed by atoms with Crippen LogP contribution in [0.4, 0.5) is 0 Å². The topological polar surface area (TPSA) is 68.0 Å². The summed E-state index contributed by atoms with van der Waals surface area (Å²) in [5, 5.41) is 17.4. The fraction of sp³-hybridized carbons (Fsp3) is 0.750. The van der Waals surface area contributed by atoms with E-state index in [1.165, 1.54) is 0 Å². The van der Waals surface area contributed by atoms with E-state index in [1.54, 1.807) is 0 Å². The summed E-state index contributed by atoms with van der Waals surface area (Å²) in [5.74, 6) is 1.46. The van der Waals surface area contributed by atoms with Gasteiger partial charge in [-0.15, -0.1) is 10.2 Å². The molecule has 1 aliphatic rings. The quantitative estimate of drug-likeness (QED) is 0.862. The number of nitrogens with zero attached hydrogens (tertiary/aromatic N) is 3. The van der Waals surface area contributed by atoms with Crippen LogP contribution in [0, 0.1) is 11.8 Å². The molecule has 1 N–H and O–H groups in total. The number of aromatic nitrogens is 3. The minimum absolute atomic E-state index is 0.283. The van der Waals surface area contributed by atoms with Gasteiger partial charge in [-0.2, -0.15) is 0 Å². The molecule has 2 rings (SSSR count). The van der Waals surface area contributed by atoms with Crippen LogP contribution in [0.3, 0.4) is 0 Å². The lowest BCUT2D eigenvalue weighted by Crippen LogP contribution is -2.28. The lowest BCUT2D eigenvalue weighted by atomic mass is 9.99. The molecule has 0 saturated heterocycles. The van der Waals surface area contributed by atoms with E-state index >= 15 is 0 Å². The van der Waals surface area contributed by atoms with Crippen LogP contribution in [-0.4, -0.2) is 25.8 Å². The van der Waals surface area contributed by atoms with E-state index in [0.717, 1.165) is 30.9 Å². The molecule has 2 unspecified atom stereocenters. The lowest BCUT2D eigenvalue weighted by Gasteiger charge is -2.21. The van der Waals surface area contributed by atoms with Gasteiger partial charge in [0.1, 0.15) is 11.6 Å². The molecule has 0 radical (unpaired) electrons. The van der Waals surface area contributed by atoms with Crippen molar-refractivity contribution in [1.29, 1.82) is 0 Å². The Hall–Kier alpha value is -1.39. The Morgan fingerprint density at radius 3 is 3.00 bits per heavy atom. The highest BCUT2D eigenvalue weighted by Gasteiger charge is 2.27. The Morgan fingerprint density at radius 1 is 1.59 bits per heavy atom. The van der Waals surface area contributed by atoms with Gasteiger partial charge >= 0.3 is 5.97 Å². The highest BCUT2D eigenvalue weighted by Crippen LogP contribution is 2.21. The van der Waals surface area contributed by atoms with Gasteiger partial charge in [0.25, 0.3) is 0 Å². The van der Waals surface area contributed by atoms with Crippen LogP contribution >= 0.6 is 0 Å². The first kappa shape index (κ1) is 12.1. The van der Waals surface area contributed by atoms with Crippen molar-refractivity contribution in [2.45, 2.75) is 46.1 Å². The standard InChI is InChI=1S/C12H19N3O2/c1-3-8(2)6-11-14-13-10-5-4-9(12(16)17)7-15(10)11/h8-9H,3-7H2,1-2H3,(H,16,17). The molecule has 0 fully saturated rings. The highest BCUT2D eigenvalue weighted by atomic mass is 16.4. The minimum atomic E-state index is -0.709. The Balaban J connectivity index is 2.16. The molecule has 0 amide bonds. The van der Waals surface area contributed by atoms with Gasteiger partial charge in [-0.3, -0.25) is 4.79 Å². The molecule has 0 aromatic carbocycles. The number of aliphatic carboxylic acids is 1. The normalized spacial score (nSPS) is 20.9. The average molecular weight is 237 g/mol. The van der Waals surface area contributed by atoms with Crippen molar-refractivity contribution < 1.29 is 9.90 Å². The van der Waals surface area contributed by atoms with Crippen LogP contribution < -0.4 is 0 Å². The Kier molecular flexibility index (Phi) is 3.45. The van der Waals surface area contributed by atoms with Crippen molar-refractivity contribution in [3.63, 3.8) is 0 Å². The minimum Gasteiger partial charge on any atom is -0.481 e. The monoisotopic (exact) mass is 237 g/mol. The van der Waals surface area contributed by atoms with Crippen molar-refractivity contribution in [3.05, 3.63) is 11.6 Å². The second kappa shape index (κ2) is 4.85. The molecular weight excluding hydrogens is 218 g/mol. The van der Waals surface area contributed by atoms with E-state index in [1.807, 2.05) is 4.57 Å². The first-order chi connectivity index (χ1) is 8.11. The molecule has 0 saturated carbocycles. The van der Waals surface area contributed by atoms with Crippen molar-refractivity contribution >= 4 is 5.97 Å². The predicted octanol–water partition coefficient (Wildman–Crippen LogP) is 1.51. The largest absolute Gasteiger partial charge is 0.481 e. The molecule has 5 nitrogen and oxygen atoms in total. The summed E-state index contributed by atoms with van der Waals surface area (Å²) in [6.07, 6.45) is 3.39. The molecule has 17 heavy (non-hydrogen) atoms. The van der Waals surface area contributed by atoms with Gasteiger partial charge in [-0.05, 0) is 12.3 Å². The molecular formula is C12H19N3O2. The molecule has 2 atom stereocenters. The third-order valence-corrected chi connectivity index (χ3v) is 3.60. The maximum Gasteiger partial charge on any atom is 0.308 e. The average Bonchev–Trinajstić information content (AvgIpc) is 2.71. The van der Waals surface area contributed by atoms with Crippen LogP contribution in [0.1, 0.15) is 38.3 Å². The van der Waals surface area contributed by atoms with Crippen LogP contribution in [0.5, 0.6) is 0 Å². The van der Waals surface area contributed by atoms with Crippen LogP contribution in [0.15, 0.2) is 0 Å². The van der Waals surface area contributed by atoms with E-state index in [-0.39, 0.29) is 5.92 Å². The van der Waals surface area contributed by atoms with Crippen molar-refractivity contribution in [3.8, 4) is 0 Å². The van der Waals surface area contributed by atoms with Crippen molar-refractivity contribution in [2.24, 2.45) is 11.8 Å². The number of carbonyl (C=O) groups is 1. The number of carboxylic acids is 1. The molecule has 1 aromatic rings. The smallest absolute Gasteiger partial charge is 0.308 e. The van der Waals surface area contributed by atoms with Crippen LogP contribution in [0.25, 0.3) is 0 Å². The third kappa shape index (κ3) is 2.48. The van der Waals surface area contributed by atoms with Gasteiger partial charge in [-0.1, -0.05) is 20.3 Å². The molecule has 1 aliphatic heterocycles. The second-order valence-corrected chi connectivity index (χ2v) is 4.93. The molecule has 2 heterocycles. The Bertz CT molecular complexity index is 414. The number of hydrogen-bond donors (Lipinski definition) is 1. The van der Waals surface area contributed by atoms with Gasteiger partial charge in [0, 0.05) is 19.4 Å². The van der Waals surface area contributed by atoms with Gasteiger partial charge in [0.2, 0.25) is 0 Å². The van der Waals surface area contributed by atoms with E-state index in [0.29, 0.717) is 18.9 Å². The lowest BCUT2D eigenvalue weighted by molar-refractivity contribution is -0.142. The van der Waals surface area contributed by atoms with E-state index in [2.05, 4.69) is 24.0 Å². The first-order valence-electron chi connectivity index (χ1n) is 6.25. The molecule has 94 valence electrons. The van der Waals surface area contributed by atoms with Gasteiger partial charge < -0.3 is 9.67 Å². The molecule has 1 aromatic heterocycles. The van der Waals surface area contributed by atoms with E-state index in [9.17, 15) is 4.79 Å². The third-order valence-electron chi connectivity index (χ3n) is 3.60. The zero-order valence-electron chi connectivity index (χ0n) is 10.4. The first-order valence-corrected chi connectivity index (χ1v) is 6.25. The Labute approximate surface area is 101 Å². The number of hydrogen-bond acceptors (Lipinski definition) is 3. The van der Waals surface area contributed by atoms with Gasteiger partial charge in [-0.25, -0.2) is 0 Å². The number of aryl methyl sites for hydroxylation is 1.